The van der Waals surface area contributed by atoms with Gasteiger partial charge in [-0.1, -0.05) is 17.7 Å². The van der Waals surface area contributed by atoms with Gasteiger partial charge in [0.1, 0.15) is 5.75 Å². The molecule has 7 nitrogen and oxygen atoms in total. The van der Waals surface area contributed by atoms with Crippen molar-refractivity contribution in [3.63, 3.8) is 0 Å². The predicted molar refractivity (Wildman–Crippen MR) is 121 cm³/mol. The number of aryl methyl sites for hydroxylation is 1. The minimum absolute atomic E-state index is 0.0875. The summed E-state index contributed by atoms with van der Waals surface area (Å²) in [7, 11) is 1.51. The van der Waals surface area contributed by atoms with Crippen molar-refractivity contribution in [2.75, 3.05) is 30.8 Å². The minimum Gasteiger partial charge on any atom is -0.496 e. The Balaban J connectivity index is 1.62. The van der Waals surface area contributed by atoms with E-state index in [1.807, 2.05) is 13.0 Å². The highest BCUT2D eigenvalue weighted by molar-refractivity contribution is 6.31. The summed E-state index contributed by atoms with van der Waals surface area (Å²) in [6.45, 7) is 4.27. The highest BCUT2D eigenvalue weighted by Crippen LogP contribution is 2.27. The SMILES string of the molecule is COc1ccc(Cl)cc1C(=O)N1CCC(C(=O)Nc2cc(NC(C)=O)ccc2C)CC1. The maximum atomic E-state index is 12.9. The minimum atomic E-state index is -0.200. The third-order valence-electron chi connectivity index (χ3n) is 5.36. The normalized spacial score (nSPS) is 14.1. The van der Waals surface area contributed by atoms with Crippen LogP contribution in [0.2, 0.25) is 5.02 Å². The van der Waals surface area contributed by atoms with Gasteiger partial charge in [0.25, 0.3) is 5.91 Å². The molecule has 8 heteroatoms. The van der Waals surface area contributed by atoms with E-state index in [4.69, 9.17) is 16.3 Å². The molecule has 0 saturated carbocycles. The molecule has 1 aliphatic rings. The maximum Gasteiger partial charge on any atom is 0.257 e. The van der Waals surface area contributed by atoms with Crippen LogP contribution in [0.3, 0.4) is 0 Å². The number of nitrogens with zero attached hydrogens (tertiary/aromatic N) is 1. The molecule has 3 rings (SSSR count). The topological polar surface area (TPSA) is 87.7 Å². The first-order valence-electron chi connectivity index (χ1n) is 10.1. The van der Waals surface area contributed by atoms with E-state index in [1.54, 1.807) is 35.2 Å². The van der Waals surface area contributed by atoms with Crippen LogP contribution >= 0.6 is 11.6 Å². The Morgan fingerprint density at radius 1 is 1.06 bits per heavy atom. The fourth-order valence-electron chi connectivity index (χ4n) is 3.63. The van der Waals surface area contributed by atoms with E-state index in [9.17, 15) is 14.4 Å². The molecule has 1 fully saturated rings. The Morgan fingerprint density at radius 2 is 1.77 bits per heavy atom. The van der Waals surface area contributed by atoms with E-state index in [2.05, 4.69) is 10.6 Å². The second-order valence-corrected chi connectivity index (χ2v) is 8.05. The van der Waals surface area contributed by atoms with E-state index in [0.29, 0.717) is 53.6 Å². The summed E-state index contributed by atoms with van der Waals surface area (Å²) in [6, 6.07) is 10.3. The molecule has 0 radical (unpaired) electrons. The molecule has 31 heavy (non-hydrogen) atoms. The van der Waals surface area contributed by atoms with Crippen LogP contribution in [0.1, 0.15) is 35.7 Å². The number of methoxy groups -OCH3 is 1. The van der Waals surface area contributed by atoms with Gasteiger partial charge in [-0.2, -0.15) is 0 Å². The zero-order chi connectivity index (χ0) is 22.5. The predicted octanol–water partition coefficient (Wildman–Crippen LogP) is 4.11. The first-order valence-corrected chi connectivity index (χ1v) is 10.5. The van der Waals surface area contributed by atoms with Crippen molar-refractivity contribution in [2.24, 2.45) is 5.92 Å². The van der Waals surface area contributed by atoms with Gasteiger partial charge < -0.3 is 20.3 Å². The van der Waals surface area contributed by atoms with Crippen LogP contribution in [0.15, 0.2) is 36.4 Å². The number of nitrogens with one attached hydrogen (secondary N) is 2. The average molecular weight is 444 g/mol. The third kappa shape index (κ3) is 5.55. The molecule has 1 heterocycles. The number of likely N-dealkylation sites (tertiary alicyclic amines) is 1. The molecule has 0 atom stereocenters. The molecule has 0 spiro atoms. The number of anilines is 2. The molecule has 2 aromatic carbocycles. The number of carbonyl (C=O) groups excluding carboxylic acids is 3. The van der Waals surface area contributed by atoms with Crippen LogP contribution in [-0.2, 0) is 9.59 Å². The molecule has 0 unspecified atom stereocenters. The van der Waals surface area contributed by atoms with Gasteiger partial charge in [0, 0.05) is 42.3 Å². The summed E-state index contributed by atoms with van der Waals surface area (Å²) in [5.74, 6) is -0.139. The molecule has 1 aliphatic heterocycles. The van der Waals surface area contributed by atoms with E-state index < -0.39 is 0 Å². The Bertz CT molecular complexity index is 1000. The summed E-state index contributed by atoms with van der Waals surface area (Å²) in [5, 5.41) is 6.15. The van der Waals surface area contributed by atoms with Crippen LogP contribution in [0, 0.1) is 12.8 Å². The summed E-state index contributed by atoms with van der Waals surface area (Å²) >= 11 is 6.05. The van der Waals surface area contributed by atoms with Crippen molar-refractivity contribution in [1.29, 1.82) is 0 Å². The molecule has 0 aliphatic carbocycles. The number of hydrogen-bond donors (Lipinski definition) is 2. The lowest BCUT2D eigenvalue weighted by molar-refractivity contribution is -0.121. The standard InChI is InChI=1S/C23H26ClN3O4/c1-14-4-6-18(25-15(2)28)13-20(14)26-22(29)16-8-10-27(11-9-16)23(30)19-12-17(24)5-7-21(19)31-3/h4-7,12-13,16H,8-11H2,1-3H3,(H,25,28)(H,26,29). The lowest BCUT2D eigenvalue weighted by Gasteiger charge is -2.32. The van der Waals surface area contributed by atoms with E-state index in [1.165, 1.54) is 14.0 Å². The average Bonchev–Trinajstić information content (AvgIpc) is 2.75. The van der Waals surface area contributed by atoms with Gasteiger partial charge in [0.15, 0.2) is 0 Å². The molecular formula is C23H26ClN3O4. The second kappa shape index (κ2) is 9.83. The Morgan fingerprint density at radius 3 is 2.42 bits per heavy atom. The summed E-state index contributed by atoms with van der Waals surface area (Å²) in [6.07, 6.45) is 1.12. The third-order valence-corrected chi connectivity index (χ3v) is 5.60. The fourth-order valence-corrected chi connectivity index (χ4v) is 3.81. The first-order chi connectivity index (χ1) is 14.8. The second-order valence-electron chi connectivity index (χ2n) is 7.61. The van der Waals surface area contributed by atoms with E-state index in [-0.39, 0.29) is 23.6 Å². The first kappa shape index (κ1) is 22.6. The van der Waals surface area contributed by atoms with Crippen molar-refractivity contribution in [2.45, 2.75) is 26.7 Å². The van der Waals surface area contributed by atoms with Crippen LogP contribution < -0.4 is 15.4 Å². The fraction of sp³-hybridized carbons (Fsp3) is 0.348. The van der Waals surface area contributed by atoms with Crippen molar-refractivity contribution < 1.29 is 19.1 Å². The largest absolute Gasteiger partial charge is 0.496 e. The quantitative estimate of drug-likeness (QED) is 0.728. The number of piperidine rings is 1. The highest BCUT2D eigenvalue weighted by atomic mass is 35.5. The lowest BCUT2D eigenvalue weighted by atomic mass is 9.95. The Kier molecular flexibility index (Phi) is 7.17. The molecule has 0 bridgehead atoms. The number of hydrogen-bond acceptors (Lipinski definition) is 4. The van der Waals surface area contributed by atoms with Crippen molar-refractivity contribution in [3.8, 4) is 5.75 Å². The Labute approximate surface area is 186 Å². The number of carbonyl (C=O) groups is 3. The summed E-state index contributed by atoms with van der Waals surface area (Å²) in [5.41, 5.74) is 2.62. The van der Waals surface area contributed by atoms with Gasteiger partial charge in [-0.15, -0.1) is 0 Å². The number of halogens is 1. The summed E-state index contributed by atoms with van der Waals surface area (Å²) < 4.78 is 5.29. The highest BCUT2D eigenvalue weighted by Gasteiger charge is 2.29. The number of benzene rings is 2. The van der Waals surface area contributed by atoms with Gasteiger partial charge >= 0.3 is 0 Å². The molecule has 2 aromatic rings. The van der Waals surface area contributed by atoms with Gasteiger partial charge in [0.05, 0.1) is 12.7 Å². The van der Waals surface area contributed by atoms with Crippen molar-refractivity contribution in [3.05, 3.63) is 52.5 Å². The number of ether oxygens (including phenoxy) is 1. The number of amides is 3. The lowest BCUT2D eigenvalue weighted by Crippen LogP contribution is -2.41. The van der Waals surface area contributed by atoms with Crippen molar-refractivity contribution in [1.82, 2.24) is 4.90 Å². The zero-order valence-electron chi connectivity index (χ0n) is 17.8. The van der Waals surface area contributed by atoms with Crippen LogP contribution in [-0.4, -0.2) is 42.8 Å². The molecular weight excluding hydrogens is 418 g/mol. The van der Waals surface area contributed by atoms with Gasteiger partial charge in [-0.3, -0.25) is 14.4 Å². The monoisotopic (exact) mass is 443 g/mol. The smallest absolute Gasteiger partial charge is 0.257 e. The Hall–Kier alpha value is -3.06. The van der Waals surface area contributed by atoms with E-state index >= 15 is 0 Å². The maximum absolute atomic E-state index is 12.9. The summed E-state index contributed by atoms with van der Waals surface area (Å²) in [4.78, 5) is 38.7. The molecule has 2 N–H and O–H groups in total. The van der Waals surface area contributed by atoms with Gasteiger partial charge in [-0.25, -0.2) is 0 Å². The van der Waals surface area contributed by atoms with Gasteiger partial charge in [-0.05, 0) is 55.7 Å². The molecule has 3 amide bonds. The number of rotatable bonds is 5. The van der Waals surface area contributed by atoms with Crippen LogP contribution in [0.25, 0.3) is 0 Å². The molecule has 0 aromatic heterocycles. The van der Waals surface area contributed by atoms with Crippen molar-refractivity contribution >= 4 is 40.7 Å². The molecule has 1 saturated heterocycles. The molecule has 164 valence electrons. The van der Waals surface area contributed by atoms with Crippen LogP contribution in [0.5, 0.6) is 5.75 Å². The van der Waals surface area contributed by atoms with Crippen LogP contribution in [0.4, 0.5) is 11.4 Å². The van der Waals surface area contributed by atoms with E-state index in [0.717, 1.165) is 5.56 Å². The zero-order valence-corrected chi connectivity index (χ0v) is 18.6. The van der Waals surface area contributed by atoms with Gasteiger partial charge in [0.2, 0.25) is 11.8 Å².